The minimum absolute atomic E-state index is 0.335. The maximum Gasteiger partial charge on any atom is 0.350 e. The van der Waals surface area contributed by atoms with Gasteiger partial charge in [-0.25, -0.2) is 4.79 Å². The van der Waals surface area contributed by atoms with Gasteiger partial charge >= 0.3 is 5.97 Å². The Morgan fingerprint density at radius 2 is 2.11 bits per heavy atom. The molecule has 0 saturated carbocycles. The summed E-state index contributed by atoms with van der Waals surface area (Å²) in [6.45, 7) is 5.12. The highest BCUT2D eigenvalue weighted by atomic mass is 32.1. The van der Waals surface area contributed by atoms with Gasteiger partial charge in [0.25, 0.3) is 0 Å². The molecule has 0 saturated heterocycles. The van der Waals surface area contributed by atoms with Crippen molar-refractivity contribution in [1.82, 2.24) is 0 Å². The van der Waals surface area contributed by atoms with Crippen molar-refractivity contribution in [1.29, 1.82) is 0 Å². The van der Waals surface area contributed by atoms with Crippen LogP contribution in [0.15, 0.2) is 0 Å². The fourth-order valence-electron chi connectivity index (χ4n) is 1.47. The zero-order valence-electron chi connectivity index (χ0n) is 11.2. The average Bonchev–Trinajstić information content (AvgIpc) is 2.64. The first-order valence-electron chi connectivity index (χ1n) is 5.79. The quantitative estimate of drug-likeness (QED) is 0.779. The van der Waals surface area contributed by atoms with Crippen LogP contribution < -0.4 is 15.8 Å². The summed E-state index contributed by atoms with van der Waals surface area (Å²) < 4.78 is 9.90. The summed E-state index contributed by atoms with van der Waals surface area (Å²) in [6.07, 6.45) is 1.04. The first-order chi connectivity index (χ1) is 8.51. The highest BCUT2D eigenvalue weighted by Gasteiger charge is 2.22. The molecule has 1 rings (SSSR count). The number of nitrogens with one attached hydrogen (secondary N) is 1. The third-order valence-electron chi connectivity index (χ3n) is 2.48. The standard InChI is InChI=1S/C12H20N2O3S/c1-7(2)5-6-14-11-9(16-3)8(13)10(18-11)12(15)17-4/h7,14H,5-6,13H2,1-4H3. The lowest BCUT2D eigenvalue weighted by Crippen LogP contribution is -2.04. The Balaban J connectivity index is 2.87. The van der Waals surface area contributed by atoms with Crippen LogP contribution in [0.5, 0.6) is 5.75 Å². The van der Waals surface area contributed by atoms with Crippen LogP contribution in [0.1, 0.15) is 29.9 Å². The zero-order valence-corrected chi connectivity index (χ0v) is 12.0. The molecule has 0 spiro atoms. The Morgan fingerprint density at radius 1 is 1.44 bits per heavy atom. The summed E-state index contributed by atoms with van der Waals surface area (Å²) in [6, 6.07) is 0. The number of esters is 1. The normalized spacial score (nSPS) is 10.5. The van der Waals surface area contributed by atoms with E-state index in [2.05, 4.69) is 23.9 Å². The lowest BCUT2D eigenvalue weighted by atomic mass is 10.1. The van der Waals surface area contributed by atoms with Crippen LogP contribution in [0.4, 0.5) is 10.7 Å². The van der Waals surface area contributed by atoms with Gasteiger partial charge in [0.2, 0.25) is 0 Å². The molecule has 0 fully saturated rings. The van der Waals surface area contributed by atoms with Crippen molar-refractivity contribution in [2.75, 3.05) is 31.8 Å². The minimum Gasteiger partial charge on any atom is -0.492 e. The summed E-state index contributed by atoms with van der Waals surface area (Å²) in [5, 5.41) is 4.02. The fourth-order valence-corrected chi connectivity index (χ4v) is 2.50. The van der Waals surface area contributed by atoms with Crippen molar-refractivity contribution < 1.29 is 14.3 Å². The molecule has 18 heavy (non-hydrogen) atoms. The van der Waals surface area contributed by atoms with E-state index in [1.165, 1.54) is 25.6 Å². The number of ether oxygens (including phenoxy) is 2. The number of carbonyl (C=O) groups excluding carboxylic acids is 1. The van der Waals surface area contributed by atoms with Crippen molar-refractivity contribution in [2.24, 2.45) is 5.92 Å². The van der Waals surface area contributed by atoms with E-state index >= 15 is 0 Å². The highest BCUT2D eigenvalue weighted by Crippen LogP contribution is 2.42. The number of anilines is 2. The van der Waals surface area contributed by atoms with Gasteiger partial charge in [-0.15, -0.1) is 11.3 Å². The lowest BCUT2D eigenvalue weighted by molar-refractivity contribution is 0.0607. The number of nitrogen functional groups attached to an aromatic ring is 1. The van der Waals surface area contributed by atoms with Gasteiger partial charge in [-0.05, 0) is 12.3 Å². The Kier molecular flexibility index (Phi) is 5.27. The number of nitrogens with two attached hydrogens (primary N) is 1. The van der Waals surface area contributed by atoms with E-state index in [0.717, 1.165) is 18.0 Å². The summed E-state index contributed by atoms with van der Waals surface area (Å²) in [7, 11) is 2.87. The van der Waals surface area contributed by atoms with Crippen molar-refractivity contribution in [3.63, 3.8) is 0 Å². The number of hydrogen-bond acceptors (Lipinski definition) is 6. The van der Waals surface area contributed by atoms with Gasteiger partial charge in [-0.2, -0.15) is 0 Å². The Hall–Kier alpha value is -1.43. The Morgan fingerprint density at radius 3 is 2.61 bits per heavy atom. The average molecular weight is 272 g/mol. The van der Waals surface area contributed by atoms with Crippen molar-refractivity contribution in [3.8, 4) is 5.75 Å². The van der Waals surface area contributed by atoms with E-state index in [9.17, 15) is 4.79 Å². The molecule has 1 aromatic heterocycles. The van der Waals surface area contributed by atoms with Crippen molar-refractivity contribution in [2.45, 2.75) is 20.3 Å². The first kappa shape index (κ1) is 14.6. The lowest BCUT2D eigenvalue weighted by Gasteiger charge is -2.08. The van der Waals surface area contributed by atoms with Gasteiger partial charge in [0.1, 0.15) is 15.6 Å². The van der Waals surface area contributed by atoms with Crippen LogP contribution in [0.25, 0.3) is 0 Å². The topological polar surface area (TPSA) is 73.6 Å². The van der Waals surface area contributed by atoms with Crippen LogP contribution in [0.3, 0.4) is 0 Å². The second kappa shape index (κ2) is 6.49. The SMILES string of the molecule is COC(=O)c1sc(NCCC(C)C)c(OC)c1N. The van der Waals surface area contributed by atoms with Gasteiger partial charge in [0, 0.05) is 6.54 Å². The molecule has 0 bridgehead atoms. The van der Waals surface area contributed by atoms with Crippen LogP contribution in [-0.2, 0) is 4.74 Å². The molecule has 5 nitrogen and oxygen atoms in total. The molecule has 3 N–H and O–H groups in total. The Labute approximate surface area is 111 Å². The summed E-state index contributed by atoms with van der Waals surface area (Å²) in [4.78, 5) is 11.9. The van der Waals surface area contributed by atoms with E-state index in [1.807, 2.05) is 0 Å². The molecule has 0 aliphatic heterocycles. The van der Waals surface area contributed by atoms with Crippen LogP contribution in [0.2, 0.25) is 0 Å². The summed E-state index contributed by atoms with van der Waals surface area (Å²) in [5.41, 5.74) is 6.20. The number of rotatable bonds is 6. The molecular formula is C12H20N2O3S. The number of carbonyl (C=O) groups is 1. The van der Waals surface area contributed by atoms with E-state index in [4.69, 9.17) is 10.5 Å². The van der Waals surface area contributed by atoms with E-state index in [-0.39, 0.29) is 0 Å². The highest BCUT2D eigenvalue weighted by molar-refractivity contribution is 7.19. The van der Waals surface area contributed by atoms with E-state index in [1.54, 1.807) is 0 Å². The first-order valence-corrected chi connectivity index (χ1v) is 6.61. The van der Waals surface area contributed by atoms with Gasteiger partial charge in [0.15, 0.2) is 5.75 Å². The van der Waals surface area contributed by atoms with Crippen LogP contribution >= 0.6 is 11.3 Å². The second-order valence-corrected chi connectivity index (χ2v) is 5.33. The second-order valence-electron chi connectivity index (χ2n) is 4.31. The molecule has 1 heterocycles. The van der Waals surface area contributed by atoms with Crippen LogP contribution in [0, 0.1) is 5.92 Å². The maximum atomic E-state index is 11.5. The molecule has 0 aromatic carbocycles. The van der Waals surface area contributed by atoms with E-state index < -0.39 is 5.97 Å². The molecule has 0 aliphatic rings. The minimum atomic E-state index is -0.437. The summed E-state index contributed by atoms with van der Waals surface area (Å²) in [5.74, 6) is 0.692. The third kappa shape index (κ3) is 3.29. The van der Waals surface area contributed by atoms with Gasteiger partial charge in [0.05, 0.1) is 14.2 Å². The molecule has 0 radical (unpaired) electrons. The van der Waals surface area contributed by atoms with Crippen molar-refractivity contribution >= 4 is 28.0 Å². The molecule has 0 amide bonds. The predicted octanol–water partition coefficient (Wildman–Crippen LogP) is 2.58. The van der Waals surface area contributed by atoms with Crippen LogP contribution in [-0.4, -0.2) is 26.7 Å². The molecular weight excluding hydrogens is 252 g/mol. The molecule has 0 unspecified atom stereocenters. The third-order valence-corrected chi connectivity index (χ3v) is 3.61. The summed E-state index contributed by atoms with van der Waals surface area (Å²) >= 11 is 1.26. The smallest absolute Gasteiger partial charge is 0.350 e. The van der Waals surface area contributed by atoms with Gasteiger partial charge in [-0.1, -0.05) is 13.8 Å². The van der Waals surface area contributed by atoms with Crippen molar-refractivity contribution in [3.05, 3.63) is 4.88 Å². The molecule has 102 valence electrons. The van der Waals surface area contributed by atoms with Gasteiger partial charge < -0.3 is 20.5 Å². The molecule has 1 aromatic rings. The molecule has 0 aliphatic carbocycles. The fraction of sp³-hybridized carbons (Fsp3) is 0.583. The molecule has 0 atom stereocenters. The number of hydrogen-bond donors (Lipinski definition) is 2. The Bertz CT molecular complexity index is 416. The van der Waals surface area contributed by atoms with E-state index in [0.29, 0.717) is 22.2 Å². The number of thiophene rings is 1. The maximum absolute atomic E-state index is 11.5. The number of methoxy groups -OCH3 is 2. The zero-order chi connectivity index (χ0) is 13.7. The van der Waals surface area contributed by atoms with Gasteiger partial charge in [-0.3, -0.25) is 0 Å². The molecule has 6 heteroatoms. The monoisotopic (exact) mass is 272 g/mol. The predicted molar refractivity (Wildman–Crippen MR) is 74.6 cm³/mol. The largest absolute Gasteiger partial charge is 0.492 e.